The molecule has 0 aliphatic carbocycles. The predicted octanol–water partition coefficient (Wildman–Crippen LogP) is 3.29. The van der Waals surface area contributed by atoms with Gasteiger partial charge >= 0.3 is 0 Å². The van der Waals surface area contributed by atoms with Gasteiger partial charge in [0.1, 0.15) is 11.5 Å². The molecule has 0 fully saturated rings. The fraction of sp³-hybridized carbons (Fsp3) is 0.333. The van der Waals surface area contributed by atoms with Crippen LogP contribution in [0.5, 0.6) is 11.5 Å². The van der Waals surface area contributed by atoms with Crippen molar-refractivity contribution in [1.29, 1.82) is 0 Å². The zero-order valence-electron chi connectivity index (χ0n) is 12.7. The van der Waals surface area contributed by atoms with Crippen molar-refractivity contribution in [2.45, 2.75) is 19.8 Å². The lowest BCUT2D eigenvalue weighted by molar-refractivity contribution is 0.102. The molecule has 0 atom stereocenters. The maximum Gasteiger partial charge on any atom is 0.276 e. The van der Waals surface area contributed by atoms with Gasteiger partial charge in [-0.3, -0.25) is 9.89 Å². The number of aromatic nitrogens is 2. The fourth-order valence-electron chi connectivity index (χ4n) is 2.02. The molecule has 0 bridgehead atoms. The van der Waals surface area contributed by atoms with Crippen LogP contribution in [0.1, 0.15) is 29.5 Å². The van der Waals surface area contributed by atoms with Gasteiger partial charge in [0.15, 0.2) is 5.69 Å². The molecule has 1 aromatic heterocycles. The standard InChI is InChI=1S/C15H18ClN3O3/c1-4-5-9-6-12(19-18-9)15(20)17-11-7-10(16)13(21-2)8-14(11)22-3/h6-8H,4-5H2,1-3H3,(H,17,20)(H,18,19). The van der Waals surface area contributed by atoms with Gasteiger partial charge in [-0.15, -0.1) is 0 Å². The van der Waals surface area contributed by atoms with Gasteiger partial charge in [0.25, 0.3) is 5.91 Å². The molecule has 1 heterocycles. The number of hydrogen-bond donors (Lipinski definition) is 2. The van der Waals surface area contributed by atoms with E-state index in [4.69, 9.17) is 21.1 Å². The summed E-state index contributed by atoms with van der Waals surface area (Å²) in [5.74, 6) is 0.596. The Morgan fingerprint density at radius 3 is 2.64 bits per heavy atom. The van der Waals surface area contributed by atoms with Crippen LogP contribution in [0.15, 0.2) is 18.2 Å². The van der Waals surface area contributed by atoms with E-state index in [2.05, 4.69) is 22.4 Å². The molecule has 2 aromatic rings. The van der Waals surface area contributed by atoms with Gasteiger partial charge in [-0.2, -0.15) is 5.10 Å². The van der Waals surface area contributed by atoms with E-state index in [1.807, 2.05) is 0 Å². The first kappa shape index (κ1) is 16.2. The summed E-state index contributed by atoms with van der Waals surface area (Å²) in [5.41, 5.74) is 1.70. The summed E-state index contributed by atoms with van der Waals surface area (Å²) in [6.07, 6.45) is 1.82. The maximum absolute atomic E-state index is 12.2. The predicted molar refractivity (Wildman–Crippen MR) is 85.1 cm³/mol. The van der Waals surface area contributed by atoms with E-state index in [0.29, 0.717) is 27.9 Å². The zero-order valence-corrected chi connectivity index (χ0v) is 13.5. The Morgan fingerprint density at radius 2 is 2.00 bits per heavy atom. The van der Waals surface area contributed by atoms with Gasteiger partial charge in [0.05, 0.1) is 24.9 Å². The van der Waals surface area contributed by atoms with E-state index < -0.39 is 0 Å². The molecule has 6 nitrogen and oxygen atoms in total. The largest absolute Gasteiger partial charge is 0.495 e. The van der Waals surface area contributed by atoms with Crippen LogP contribution in [0, 0.1) is 0 Å². The van der Waals surface area contributed by atoms with Crippen molar-refractivity contribution in [1.82, 2.24) is 10.2 Å². The summed E-state index contributed by atoms with van der Waals surface area (Å²) in [5, 5.41) is 9.97. The minimum Gasteiger partial charge on any atom is -0.495 e. The Bertz CT molecular complexity index is 670. The highest BCUT2D eigenvalue weighted by atomic mass is 35.5. The molecule has 0 aliphatic rings. The number of aromatic amines is 1. The van der Waals surface area contributed by atoms with E-state index in [9.17, 15) is 4.79 Å². The number of halogens is 1. The minimum atomic E-state index is -0.335. The molecular weight excluding hydrogens is 306 g/mol. The van der Waals surface area contributed by atoms with E-state index in [-0.39, 0.29) is 5.91 Å². The van der Waals surface area contributed by atoms with Crippen LogP contribution in [-0.2, 0) is 6.42 Å². The third kappa shape index (κ3) is 3.51. The lowest BCUT2D eigenvalue weighted by Crippen LogP contribution is -2.13. The third-order valence-electron chi connectivity index (χ3n) is 3.11. The number of carbonyl (C=O) groups is 1. The second-order valence-electron chi connectivity index (χ2n) is 4.67. The molecule has 1 amide bonds. The van der Waals surface area contributed by atoms with Crippen LogP contribution in [0.2, 0.25) is 5.02 Å². The number of H-pyrrole nitrogens is 1. The van der Waals surface area contributed by atoms with Gasteiger partial charge < -0.3 is 14.8 Å². The zero-order chi connectivity index (χ0) is 16.1. The van der Waals surface area contributed by atoms with Gasteiger partial charge in [-0.25, -0.2) is 0 Å². The van der Waals surface area contributed by atoms with Gasteiger partial charge in [0.2, 0.25) is 0 Å². The molecule has 118 valence electrons. The van der Waals surface area contributed by atoms with Crippen molar-refractivity contribution in [3.63, 3.8) is 0 Å². The lowest BCUT2D eigenvalue weighted by atomic mass is 10.2. The first-order chi connectivity index (χ1) is 10.6. The number of anilines is 1. The molecule has 0 unspecified atom stereocenters. The summed E-state index contributed by atoms with van der Waals surface area (Å²) in [6.45, 7) is 2.06. The van der Waals surface area contributed by atoms with E-state index in [1.165, 1.54) is 14.2 Å². The van der Waals surface area contributed by atoms with Crippen LogP contribution in [-0.4, -0.2) is 30.3 Å². The number of aryl methyl sites for hydroxylation is 1. The third-order valence-corrected chi connectivity index (χ3v) is 3.40. The first-order valence-corrected chi connectivity index (χ1v) is 7.24. The Balaban J connectivity index is 2.21. The number of nitrogens with zero attached hydrogens (tertiary/aromatic N) is 1. The van der Waals surface area contributed by atoms with Crippen molar-refractivity contribution < 1.29 is 14.3 Å². The molecule has 2 N–H and O–H groups in total. The topological polar surface area (TPSA) is 76.2 Å². The highest BCUT2D eigenvalue weighted by Gasteiger charge is 2.15. The number of amides is 1. The molecule has 7 heteroatoms. The van der Waals surface area contributed by atoms with Crippen molar-refractivity contribution >= 4 is 23.2 Å². The van der Waals surface area contributed by atoms with Crippen LogP contribution in [0.3, 0.4) is 0 Å². The van der Waals surface area contributed by atoms with Crippen LogP contribution >= 0.6 is 11.6 Å². The lowest BCUT2D eigenvalue weighted by Gasteiger charge is -2.12. The van der Waals surface area contributed by atoms with Crippen molar-refractivity contribution in [2.75, 3.05) is 19.5 Å². The smallest absolute Gasteiger partial charge is 0.276 e. The first-order valence-electron chi connectivity index (χ1n) is 6.86. The number of hydrogen-bond acceptors (Lipinski definition) is 4. The highest BCUT2D eigenvalue weighted by molar-refractivity contribution is 6.32. The molecule has 0 saturated carbocycles. The molecule has 0 radical (unpaired) electrons. The minimum absolute atomic E-state index is 0.317. The Kier molecular flexibility index (Phi) is 5.27. The number of nitrogens with one attached hydrogen (secondary N) is 2. The quantitative estimate of drug-likeness (QED) is 0.855. The summed E-state index contributed by atoms with van der Waals surface area (Å²) in [4.78, 5) is 12.2. The van der Waals surface area contributed by atoms with Crippen LogP contribution in [0.4, 0.5) is 5.69 Å². The molecule has 0 saturated heterocycles. The second kappa shape index (κ2) is 7.17. The van der Waals surface area contributed by atoms with Gasteiger partial charge in [-0.05, 0) is 18.6 Å². The highest BCUT2D eigenvalue weighted by Crippen LogP contribution is 2.36. The number of ether oxygens (including phenoxy) is 2. The van der Waals surface area contributed by atoms with Gasteiger partial charge in [0, 0.05) is 11.8 Å². The molecule has 0 spiro atoms. The summed E-state index contributed by atoms with van der Waals surface area (Å²) < 4.78 is 10.4. The van der Waals surface area contributed by atoms with E-state index >= 15 is 0 Å². The number of methoxy groups -OCH3 is 2. The Labute approximate surface area is 133 Å². The normalized spacial score (nSPS) is 10.4. The Hall–Kier alpha value is -2.21. The molecule has 2 rings (SSSR count). The number of carbonyl (C=O) groups excluding carboxylic acids is 1. The summed E-state index contributed by atoms with van der Waals surface area (Å²) in [6, 6.07) is 4.93. The molecule has 0 aliphatic heterocycles. The van der Waals surface area contributed by atoms with Crippen molar-refractivity contribution in [3.8, 4) is 11.5 Å². The maximum atomic E-state index is 12.2. The van der Waals surface area contributed by atoms with Gasteiger partial charge in [-0.1, -0.05) is 24.9 Å². The number of rotatable bonds is 6. The fourth-order valence-corrected chi connectivity index (χ4v) is 2.26. The van der Waals surface area contributed by atoms with Crippen LogP contribution < -0.4 is 14.8 Å². The average Bonchev–Trinajstić information content (AvgIpc) is 2.97. The molecular formula is C15H18ClN3O3. The molecule has 22 heavy (non-hydrogen) atoms. The summed E-state index contributed by atoms with van der Waals surface area (Å²) >= 11 is 6.08. The van der Waals surface area contributed by atoms with E-state index in [0.717, 1.165) is 18.5 Å². The Morgan fingerprint density at radius 1 is 1.27 bits per heavy atom. The van der Waals surface area contributed by atoms with Crippen molar-refractivity contribution in [3.05, 3.63) is 34.6 Å². The molecule has 1 aromatic carbocycles. The summed E-state index contributed by atoms with van der Waals surface area (Å²) in [7, 11) is 3.02. The van der Waals surface area contributed by atoms with Crippen LogP contribution in [0.25, 0.3) is 0 Å². The average molecular weight is 324 g/mol. The number of benzene rings is 1. The van der Waals surface area contributed by atoms with E-state index in [1.54, 1.807) is 18.2 Å². The second-order valence-corrected chi connectivity index (χ2v) is 5.08. The SMILES string of the molecule is CCCc1cc(C(=O)Nc2cc(Cl)c(OC)cc2OC)n[nH]1. The van der Waals surface area contributed by atoms with Crippen molar-refractivity contribution in [2.24, 2.45) is 0 Å². The monoisotopic (exact) mass is 323 g/mol.